The molecule has 1 atom stereocenters. The predicted molar refractivity (Wildman–Crippen MR) is 130 cm³/mol. The molecule has 3 N–H and O–H groups in total. The van der Waals surface area contributed by atoms with Gasteiger partial charge in [-0.15, -0.1) is 0 Å². The largest absolute Gasteiger partial charge is 0.326 e. The van der Waals surface area contributed by atoms with E-state index in [2.05, 4.69) is 31.3 Å². The minimum Gasteiger partial charge on any atom is -0.326 e. The lowest BCUT2D eigenvalue weighted by Gasteiger charge is -2.21. The van der Waals surface area contributed by atoms with Crippen LogP contribution in [0.1, 0.15) is 29.2 Å². The quantitative estimate of drug-likeness (QED) is 0.444. The standard InChI is InChI=1S/C24H22BrN3O4S/c1-15-13-18(8-10-20(15)25)26-24(30)23(16-5-3-2-4-6-16)28-33(31,32)19-9-11-21-17(14-19)7-12-22(29)27-21/h2-6,8-11,13-14,23,28H,7,12H2,1H3,(H,26,30)(H,27,29)/t23-/m0/s1. The molecule has 7 nitrogen and oxygen atoms in total. The number of benzene rings is 3. The SMILES string of the molecule is Cc1cc(NC(=O)[C@@H](NS(=O)(=O)c2ccc3c(c2)CCC(=O)N3)c2ccccc2)ccc1Br. The lowest BCUT2D eigenvalue weighted by Crippen LogP contribution is -2.37. The summed E-state index contributed by atoms with van der Waals surface area (Å²) >= 11 is 3.43. The Bertz CT molecular complexity index is 1330. The molecule has 0 radical (unpaired) electrons. The number of anilines is 2. The molecular formula is C24H22BrN3O4S. The van der Waals surface area contributed by atoms with E-state index >= 15 is 0 Å². The van der Waals surface area contributed by atoms with Gasteiger partial charge in [0.1, 0.15) is 6.04 Å². The first kappa shape index (κ1) is 23.2. The summed E-state index contributed by atoms with van der Waals surface area (Å²) in [5.74, 6) is -0.600. The maximum absolute atomic E-state index is 13.2. The number of sulfonamides is 1. The van der Waals surface area contributed by atoms with Crippen molar-refractivity contribution >= 4 is 49.1 Å². The average molecular weight is 528 g/mol. The zero-order chi connectivity index (χ0) is 23.6. The molecule has 0 spiro atoms. The van der Waals surface area contributed by atoms with Crippen LogP contribution in [-0.2, 0) is 26.0 Å². The molecule has 170 valence electrons. The van der Waals surface area contributed by atoms with Gasteiger partial charge in [0.05, 0.1) is 4.90 Å². The summed E-state index contributed by atoms with van der Waals surface area (Å²) in [6, 6.07) is 17.4. The maximum Gasteiger partial charge on any atom is 0.247 e. The molecular weight excluding hydrogens is 506 g/mol. The van der Waals surface area contributed by atoms with E-state index in [-0.39, 0.29) is 10.8 Å². The van der Waals surface area contributed by atoms with Crippen LogP contribution in [-0.4, -0.2) is 20.2 Å². The van der Waals surface area contributed by atoms with E-state index in [0.717, 1.165) is 15.6 Å². The van der Waals surface area contributed by atoms with E-state index in [4.69, 9.17) is 0 Å². The fourth-order valence-electron chi connectivity index (χ4n) is 3.61. The van der Waals surface area contributed by atoms with Gasteiger partial charge in [0.25, 0.3) is 0 Å². The molecule has 9 heteroatoms. The molecule has 1 aliphatic rings. The van der Waals surface area contributed by atoms with Crippen molar-refractivity contribution in [3.63, 3.8) is 0 Å². The number of hydrogen-bond donors (Lipinski definition) is 3. The highest BCUT2D eigenvalue weighted by atomic mass is 79.9. The van der Waals surface area contributed by atoms with E-state index in [1.165, 1.54) is 12.1 Å². The lowest BCUT2D eigenvalue weighted by atomic mass is 10.0. The molecule has 3 aromatic carbocycles. The number of nitrogens with one attached hydrogen (secondary N) is 3. The second-order valence-corrected chi connectivity index (χ2v) is 10.4. The molecule has 33 heavy (non-hydrogen) atoms. The summed E-state index contributed by atoms with van der Waals surface area (Å²) in [7, 11) is -4.04. The van der Waals surface area contributed by atoms with E-state index in [1.54, 1.807) is 48.5 Å². The van der Waals surface area contributed by atoms with Crippen molar-refractivity contribution in [1.82, 2.24) is 4.72 Å². The molecule has 4 rings (SSSR count). The molecule has 1 heterocycles. The van der Waals surface area contributed by atoms with Crippen molar-refractivity contribution < 1.29 is 18.0 Å². The van der Waals surface area contributed by atoms with Crippen LogP contribution in [0.5, 0.6) is 0 Å². The molecule has 0 bridgehead atoms. The fourth-order valence-corrected chi connectivity index (χ4v) is 5.09. The van der Waals surface area contributed by atoms with Gasteiger partial charge in [-0.2, -0.15) is 4.72 Å². The minimum absolute atomic E-state index is 0.0330. The molecule has 3 aromatic rings. The first-order chi connectivity index (χ1) is 15.7. The minimum atomic E-state index is -4.04. The Morgan fingerprint density at radius 3 is 2.52 bits per heavy atom. The van der Waals surface area contributed by atoms with Gasteiger partial charge in [0.15, 0.2) is 0 Å². The van der Waals surface area contributed by atoms with Crippen molar-refractivity contribution in [1.29, 1.82) is 0 Å². The Morgan fingerprint density at radius 2 is 1.79 bits per heavy atom. The normalized spacial score (nSPS) is 14.2. The number of rotatable bonds is 6. The van der Waals surface area contributed by atoms with Crippen LogP contribution in [0, 0.1) is 6.92 Å². The second-order valence-electron chi connectivity index (χ2n) is 7.79. The van der Waals surface area contributed by atoms with Crippen LogP contribution < -0.4 is 15.4 Å². The number of amides is 2. The summed E-state index contributed by atoms with van der Waals surface area (Å²) in [6.07, 6.45) is 0.752. The predicted octanol–water partition coefficient (Wildman–Crippen LogP) is 4.30. The molecule has 0 saturated carbocycles. The second kappa shape index (κ2) is 9.46. The fraction of sp³-hybridized carbons (Fsp3) is 0.167. The topological polar surface area (TPSA) is 104 Å². The van der Waals surface area contributed by atoms with Crippen molar-refractivity contribution in [2.75, 3.05) is 10.6 Å². The van der Waals surface area contributed by atoms with Gasteiger partial charge in [-0.25, -0.2) is 8.42 Å². The van der Waals surface area contributed by atoms with Crippen LogP contribution in [0.4, 0.5) is 11.4 Å². The smallest absolute Gasteiger partial charge is 0.247 e. The molecule has 1 aliphatic heterocycles. The van der Waals surface area contributed by atoms with Gasteiger partial charge in [-0.1, -0.05) is 46.3 Å². The van der Waals surface area contributed by atoms with Gasteiger partial charge in [-0.3, -0.25) is 9.59 Å². The molecule has 0 fully saturated rings. The first-order valence-electron chi connectivity index (χ1n) is 10.3. The highest BCUT2D eigenvalue weighted by Gasteiger charge is 2.28. The number of aryl methyl sites for hydroxylation is 2. The Labute approximate surface area is 200 Å². The molecule has 0 aromatic heterocycles. The summed E-state index contributed by atoms with van der Waals surface area (Å²) < 4.78 is 29.9. The molecule has 0 aliphatic carbocycles. The summed E-state index contributed by atoms with van der Waals surface area (Å²) in [4.78, 5) is 24.8. The Morgan fingerprint density at radius 1 is 1.03 bits per heavy atom. The van der Waals surface area contributed by atoms with Crippen molar-refractivity contribution in [2.24, 2.45) is 0 Å². The van der Waals surface area contributed by atoms with E-state index < -0.39 is 22.0 Å². The van der Waals surface area contributed by atoms with Crippen LogP contribution in [0.2, 0.25) is 0 Å². The van der Waals surface area contributed by atoms with Crippen LogP contribution >= 0.6 is 15.9 Å². The third-order valence-corrected chi connectivity index (χ3v) is 7.69. The Balaban J connectivity index is 1.63. The zero-order valence-corrected chi connectivity index (χ0v) is 20.2. The molecule has 0 unspecified atom stereocenters. The van der Waals surface area contributed by atoms with Crippen LogP contribution in [0.25, 0.3) is 0 Å². The lowest BCUT2D eigenvalue weighted by molar-refractivity contribution is -0.118. The first-order valence-corrected chi connectivity index (χ1v) is 12.6. The van der Waals surface area contributed by atoms with Gasteiger partial charge in [0.2, 0.25) is 21.8 Å². The highest BCUT2D eigenvalue weighted by molar-refractivity contribution is 9.10. The third kappa shape index (κ3) is 5.32. The number of hydrogen-bond acceptors (Lipinski definition) is 4. The number of carbonyl (C=O) groups is 2. The number of carbonyl (C=O) groups excluding carboxylic acids is 2. The maximum atomic E-state index is 13.2. The van der Waals surface area contributed by atoms with Gasteiger partial charge in [0, 0.05) is 22.3 Å². The highest BCUT2D eigenvalue weighted by Crippen LogP contribution is 2.27. The van der Waals surface area contributed by atoms with Crippen molar-refractivity contribution in [3.05, 3.63) is 87.9 Å². The summed E-state index contributed by atoms with van der Waals surface area (Å²) in [5.41, 5.74) is 3.35. The Hall–Kier alpha value is -3.01. The average Bonchev–Trinajstić information content (AvgIpc) is 2.80. The molecule has 2 amide bonds. The van der Waals surface area contributed by atoms with Crippen molar-refractivity contribution in [2.45, 2.75) is 30.7 Å². The Kier molecular flexibility index (Phi) is 6.64. The molecule has 0 saturated heterocycles. The van der Waals surface area contributed by atoms with Gasteiger partial charge in [-0.05, 0) is 66.4 Å². The van der Waals surface area contributed by atoms with Gasteiger partial charge >= 0.3 is 0 Å². The van der Waals surface area contributed by atoms with E-state index in [0.29, 0.717) is 29.8 Å². The summed E-state index contributed by atoms with van der Waals surface area (Å²) in [5, 5.41) is 5.54. The van der Waals surface area contributed by atoms with Crippen molar-refractivity contribution in [3.8, 4) is 0 Å². The van der Waals surface area contributed by atoms with Crippen LogP contribution in [0.15, 0.2) is 76.1 Å². The monoisotopic (exact) mass is 527 g/mol. The van der Waals surface area contributed by atoms with E-state index in [1.807, 2.05) is 13.0 Å². The van der Waals surface area contributed by atoms with Gasteiger partial charge < -0.3 is 10.6 Å². The third-order valence-electron chi connectivity index (χ3n) is 5.38. The number of halogens is 1. The van der Waals surface area contributed by atoms with E-state index in [9.17, 15) is 18.0 Å². The van der Waals surface area contributed by atoms with Crippen LogP contribution in [0.3, 0.4) is 0 Å². The zero-order valence-electron chi connectivity index (χ0n) is 17.8. The number of fused-ring (bicyclic) bond motifs is 1. The summed E-state index contributed by atoms with van der Waals surface area (Å²) in [6.45, 7) is 1.90.